The smallest absolute Gasteiger partial charge is 0.267 e. The molecule has 0 spiro atoms. The summed E-state index contributed by atoms with van der Waals surface area (Å²) < 4.78 is 108. The summed E-state index contributed by atoms with van der Waals surface area (Å²) in [5.41, 5.74) is -0.282. The number of hydrogen-bond acceptors (Lipinski definition) is 4. The third-order valence-corrected chi connectivity index (χ3v) is 6.63. The van der Waals surface area contributed by atoms with E-state index in [1.54, 1.807) is 0 Å². The van der Waals surface area contributed by atoms with Crippen LogP contribution >= 0.6 is 0 Å². The summed E-state index contributed by atoms with van der Waals surface area (Å²) in [6.07, 6.45) is 0. The highest BCUT2D eigenvalue weighted by Gasteiger charge is 2.25. The third-order valence-electron chi connectivity index (χ3n) is 3.76. The van der Waals surface area contributed by atoms with Crippen molar-refractivity contribution in [1.82, 2.24) is 0 Å². The van der Waals surface area contributed by atoms with Crippen molar-refractivity contribution in [2.75, 3.05) is 9.44 Å². The molecule has 0 unspecified atom stereocenters. The van der Waals surface area contributed by atoms with Gasteiger partial charge in [0.25, 0.3) is 20.0 Å². The molecule has 0 amide bonds. The summed E-state index contributed by atoms with van der Waals surface area (Å²) >= 11 is 0. The van der Waals surface area contributed by atoms with Crippen LogP contribution in [0.5, 0.6) is 0 Å². The zero-order chi connectivity index (χ0) is 22.1. The van der Waals surface area contributed by atoms with Crippen LogP contribution < -0.4 is 9.44 Å². The van der Waals surface area contributed by atoms with Gasteiger partial charge in [0.1, 0.15) is 23.3 Å². The fourth-order valence-electron chi connectivity index (χ4n) is 2.50. The van der Waals surface area contributed by atoms with Crippen LogP contribution in [-0.4, -0.2) is 16.8 Å². The molecule has 0 aliphatic heterocycles. The average Bonchev–Trinajstić information content (AvgIpc) is 2.62. The monoisotopic (exact) mass is 460 g/mol. The second-order valence-electron chi connectivity index (χ2n) is 5.89. The van der Waals surface area contributed by atoms with Crippen LogP contribution in [-0.2, 0) is 20.0 Å². The molecule has 0 saturated heterocycles. The number of benzene rings is 3. The zero-order valence-electron chi connectivity index (χ0n) is 14.7. The second kappa shape index (κ2) is 7.95. The molecule has 0 radical (unpaired) electrons. The molecule has 2 N–H and O–H groups in total. The molecule has 0 aromatic heterocycles. The molecule has 3 aromatic carbocycles. The first-order valence-corrected chi connectivity index (χ1v) is 11.0. The highest BCUT2D eigenvalue weighted by Crippen LogP contribution is 2.25. The molecule has 0 atom stereocenters. The fraction of sp³-hybridized carbons (Fsp3) is 0. The van der Waals surface area contributed by atoms with Crippen molar-refractivity contribution in [2.24, 2.45) is 0 Å². The predicted molar refractivity (Wildman–Crippen MR) is 101 cm³/mol. The zero-order valence-corrected chi connectivity index (χ0v) is 16.4. The van der Waals surface area contributed by atoms with Crippen LogP contribution in [0.15, 0.2) is 70.5 Å². The summed E-state index contributed by atoms with van der Waals surface area (Å²) in [7, 11) is -9.23. The SMILES string of the molecule is O=S(=O)(Nc1ccc(NS(=O)(=O)c2c(F)cccc2F)cc1)c1c(F)cccc1F. The Bertz CT molecular complexity index is 1170. The lowest BCUT2D eigenvalue weighted by Crippen LogP contribution is -2.17. The van der Waals surface area contributed by atoms with Gasteiger partial charge in [-0.25, -0.2) is 34.4 Å². The Morgan fingerprint density at radius 3 is 1.03 bits per heavy atom. The minimum atomic E-state index is -4.61. The second-order valence-corrected chi connectivity index (χ2v) is 9.13. The molecule has 0 saturated carbocycles. The first-order chi connectivity index (χ1) is 14.0. The third kappa shape index (κ3) is 4.39. The standard InChI is InChI=1S/C18H12F4N2O4S2/c19-13-3-1-4-14(20)17(13)29(25,26)23-11-7-9-12(10-8-11)24-30(27,28)18-15(21)5-2-6-16(18)22/h1-10,23-24H. The van der Waals surface area contributed by atoms with Gasteiger partial charge in [0.2, 0.25) is 0 Å². The van der Waals surface area contributed by atoms with Crippen LogP contribution in [0.4, 0.5) is 28.9 Å². The highest BCUT2D eigenvalue weighted by atomic mass is 32.2. The van der Waals surface area contributed by atoms with Crippen molar-refractivity contribution >= 4 is 31.4 Å². The van der Waals surface area contributed by atoms with Gasteiger partial charge in [-0.2, -0.15) is 0 Å². The first kappa shape index (κ1) is 21.6. The highest BCUT2D eigenvalue weighted by molar-refractivity contribution is 7.93. The summed E-state index contributed by atoms with van der Waals surface area (Å²) in [4.78, 5) is -2.35. The molecular weight excluding hydrogens is 448 g/mol. The number of sulfonamides is 2. The number of nitrogens with one attached hydrogen (secondary N) is 2. The van der Waals surface area contributed by atoms with Crippen molar-refractivity contribution in [3.05, 3.63) is 83.9 Å². The van der Waals surface area contributed by atoms with Crippen LogP contribution in [0.1, 0.15) is 0 Å². The molecule has 0 heterocycles. The van der Waals surface area contributed by atoms with E-state index >= 15 is 0 Å². The van der Waals surface area contributed by atoms with Gasteiger partial charge < -0.3 is 0 Å². The van der Waals surface area contributed by atoms with Crippen LogP contribution in [0.2, 0.25) is 0 Å². The summed E-state index contributed by atoms with van der Waals surface area (Å²) in [6.45, 7) is 0. The van der Waals surface area contributed by atoms with Crippen molar-refractivity contribution in [1.29, 1.82) is 0 Å². The maximum Gasteiger partial charge on any atom is 0.267 e. The molecule has 0 bridgehead atoms. The van der Waals surface area contributed by atoms with Gasteiger partial charge in [0.15, 0.2) is 9.79 Å². The number of rotatable bonds is 6. The molecule has 6 nitrogen and oxygen atoms in total. The van der Waals surface area contributed by atoms with E-state index < -0.39 is 53.1 Å². The topological polar surface area (TPSA) is 92.3 Å². The Kier molecular flexibility index (Phi) is 5.72. The van der Waals surface area contributed by atoms with Gasteiger partial charge in [-0.3, -0.25) is 9.44 Å². The van der Waals surface area contributed by atoms with Gasteiger partial charge in [0.05, 0.1) is 0 Å². The molecule has 0 fully saturated rings. The summed E-state index contributed by atoms with van der Waals surface area (Å²) in [5.74, 6) is -5.17. The van der Waals surface area contributed by atoms with Gasteiger partial charge in [-0.1, -0.05) is 12.1 Å². The molecule has 158 valence electrons. The lowest BCUT2D eigenvalue weighted by atomic mass is 10.3. The maximum absolute atomic E-state index is 13.7. The molecule has 12 heteroatoms. The van der Waals surface area contributed by atoms with Crippen molar-refractivity contribution < 1.29 is 34.4 Å². The quantitative estimate of drug-likeness (QED) is 0.547. The fourth-order valence-corrected chi connectivity index (χ4v) is 4.89. The normalized spacial score (nSPS) is 11.9. The average molecular weight is 460 g/mol. The molecule has 0 aliphatic carbocycles. The van der Waals surface area contributed by atoms with Crippen molar-refractivity contribution in [3.63, 3.8) is 0 Å². The minimum absolute atomic E-state index is 0.141. The van der Waals surface area contributed by atoms with E-state index in [0.29, 0.717) is 0 Å². The lowest BCUT2D eigenvalue weighted by molar-refractivity contribution is 0.519. The van der Waals surface area contributed by atoms with Crippen LogP contribution in [0.3, 0.4) is 0 Å². The number of halogens is 4. The minimum Gasteiger partial charge on any atom is -0.279 e. The Morgan fingerprint density at radius 1 is 0.500 bits per heavy atom. The van der Waals surface area contributed by atoms with E-state index in [1.807, 2.05) is 9.44 Å². The predicted octanol–water partition coefficient (Wildman–Crippen LogP) is 3.84. The van der Waals surface area contributed by atoms with E-state index in [1.165, 1.54) is 0 Å². The van der Waals surface area contributed by atoms with Crippen LogP contribution in [0, 0.1) is 23.3 Å². The Hall–Kier alpha value is -3.12. The lowest BCUT2D eigenvalue weighted by Gasteiger charge is -2.12. The Balaban J connectivity index is 1.84. The Morgan fingerprint density at radius 2 is 0.767 bits per heavy atom. The van der Waals surface area contributed by atoms with E-state index in [0.717, 1.165) is 60.7 Å². The molecule has 30 heavy (non-hydrogen) atoms. The van der Waals surface area contributed by atoms with Crippen molar-refractivity contribution in [2.45, 2.75) is 9.79 Å². The largest absolute Gasteiger partial charge is 0.279 e. The van der Waals surface area contributed by atoms with Gasteiger partial charge in [0, 0.05) is 11.4 Å². The van der Waals surface area contributed by atoms with Gasteiger partial charge >= 0.3 is 0 Å². The number of hydrogen-bond donors (Lipinski definition) is 2. The molecule has 0 aliphatic rings. The number of anilines is 2. The summed E-state index contributed by atoms with van der Waals surface area (Å²) in [5, 5.41) is 0. The van der Waals surface area contributed by atoms with E-state index in [9.17, 15) is 34.4 Å². The van der Waals surface area contributed by atoms with E-state index in [4.69, 9.17) is 0 Å². The Labute approximate surface area is 169 Å². The maximum atomic E-state index is 13.7. The van der Waals surface area contributed by atoms with E-state index in [2.05, 4.69) is 0 Å². The van der Waals surface area contributed by atoms with Crippen LogP contribution in [0.25, 0.3) is 0 Å². The summed E-state index contributed by atoms with van der Waals surface area (Å²) in [6, 6.07) is 9.46. The molecule has 3 rings (SSSR count). The molecule has 3 aromatic rings. The van der Waals surface area contributed by atoms with E-state index in [-0.39, 0.29) is 11.4 Å². The molecular formula is C18H12F4N2O4S2. The van der Waals surface area contributed by atoms with Crippen molar-refractivity contribution in [3.8, 4) is 0 Å². The van der Waals surface area contributed by atoms with Gasteiger partial charge in [-0.15, -0.1) is 0 Å². The van der Waals surface area contributed by atoms with Gasteiger partial charge in [-0.05, 0) is 48.5 Å². The first-order valence-electron chi connectivity index (χ1n) is 8.05.